The standard InChI is InChI=1S/C21H22N8O14P2S/c30-14-10-4-39-45(37,46)43-16-11(41-20(15(16)31)27-7-24-13-18(27)22-6-23-19(13)32)5-38-44(35,36)42-17(14)21(40-10)28-8-2-1-3-9(29(33)34)12(8)25-26-28/h1-3,6-7,10-11,14-17,20-21,30-31H,4-5H2,(H,35,36)(H,37,46)(H,22,23,32)/t10-,11-,14-,15-,16-,17-,20-,21-,45?/m1/s1. The lowest BCUT2D eigenvalue weighted by atomic mass is 10.1. The molecule has 10 atom stereocenters. The Bertz CT molecular complexity index is 1990. The number of non-ortho nitro benzene ring substituents is 1. The van der Waals surface area contributed by atoms with E-state index in [2.05, 4.69) is 25.3 Å². The number of H-pyrrole nitrogens is 1. The quantitative estimate of drug-likeness (QED) is 0.0983. The lowest BCUT2D eigenvalue weighted by Crippen LogP contribution is -2.36. The maximum atomic E-state index is 13.2. The molecule has 3 aromatic heterocycles. The maximum absolute atomic E-state index is 13.2. The normalized spacial score (nSPS) is 37.0. The van der Waals surface area contributed by atoms with Crippen molar-refractivity contribution < 1.29 is 57.1 Å². The van der Waals surface area contributed by atoms with E-state index < -0.39 is 87.3 Å². The fourth-order valence-corrected chi connectivity index (χ4v) is 7.79. The summed E-state index contributed by atoms with van der Waals surface area (Å²) in [5, 5.41) is 41.4. The number of aromatic amines is 1. The van der Waals surface area contributed by atoms with Crippen molar-refractivity contribution in [2.75, 3.05) is 13.2 Å². The van der Waals surface area contributed by atoms with Gasteiger partial charge in [0.15, 0.2) is 29.1 Å². The molecule has 0 spiro atoms. The summed E-state index contributed by atoms with van der Waals surface area (Å²) in [6, 6.07) is 3.97. The Morgan fingerprint density at radius 2 is 1.78 bits per heavy atom. The van der Waals surface area contributed by atoms with Gasteiger partial charge in [0, 0.05) is 6.07 Å². The molecule has 0 saturated carbocycles. The molecule has 4 aromatic rings. The monoisotopic (exact) mass is 704 g/mol. The number of benzene rings is 1. The number of nitrogens with one attached hydrogen (secondary N) is 1. The van der Waals surface area contributed by atoms with Crippen LogP contribution in [0.25, 0.3) is 22.2 Å². The number of phosphoric ester groups is 1. The number of hydrogen-bond acceptors (Lipinski definition) is 17. The zero-order valence-electron chi connectivity index (χ0n) is 22.7. The largest absolute Gasteiger partial charge is 0.472 e. The number of nitrogens with zero attached hydrogens (tertiary/aromatic N) is 7. The van der Waals surface area contributed by atoms with E-state index >= 15 is 0 Å². The van der Waals surface area contributed by atoms with E-state index in [9.17, 15) is 39.5 Å². The third kappa shape index (κ3) is 5.48. The van der Waals surface area contributed by atoms with Crippen LogP contribution in [-0.4, -0.2) is 109 Å². The van der Waals surface area contributed by atoms with Crippen LogP contribution >= 0.6 is 14.5 Å². The first-order valence-electron chi connectivity index (χ1n) is 13.2. The summed E-state index contributed by atoms with van der Waals surface area (Å²) in [7, 11) is -5.11. The van der Waals surface area contributed by atoms with Crippen molar-refractivity contribution in [2.24, 2.45) is 0 Å². The van der Waals surface area contributed by atoms with Crippen LogP contribution in [0.2, 0.25) is 0 Å². The molecular weight excluding hydrogens is 682 g/mol. The number of hydrogen-bond donors (Lipinski definition) is 5. The maximum Gasteiger partial charge on any atom is 0.472 e. The highest BCUT2D eigenvalue weighted by molar-refractivity contribution is 8.07. The molecule has 3 saturated heterocycles. The lowest BCUT2D eigenvalue weighted by Gasteiger charge is -2.26. The number of nitro benzene ring substituents is 1. The molecule has 0 amide bonds. The van der Waals surface area contributed by atoms with Crippen molar-refractivity contribution >= 4 is 54.2 Å². The molecule has 0 radical (unpaired) electrons. The number of phosphoric acid groups is 1. The molecule has 2 unspecified atom stereocenters. The average Bonchev–Trinajstić information content (AvgIpc) is 3.76. The Labute approximate surface area is 259 Å². The van der Waals surface area contributed by atoms with Gasteiger partial charge in [-0.3, -0.25) is 33.0 Å². The number of imidazole rings is 1. The SMILES string of the molecule is O=c1[nH]cnc2c1ncn2[C@@H]1O[C@@H]2COP(=O)(O)O[C@@H]3[C@H](O)[C@@H](COP(O)(=S)O[C@H]2[C@H]1O)O[C@H]3n1nnc2c([N+](=O)[O-])cccc21. The van der Waals surface area contributed by atoms with Crippen LogP contribution in [0, 0.1) is 10.1 Å². The van der Waals surface area contributed by atoms with Crippen LogP contribution < -0.4 is 5.56 Å². The number of rotatable bonds is 3. The summed E-state index contributed by atoms with van der Waals surface area (Å²) in [5.74, 6) is 0. The van der Waals surface area contributed by atoms with Gasteiger partial charge >= 0.3 is 14.5 Å². The van der Waals surface area contributed by atoms with Crippen molar-refractivity contribution in [1.82, 2.24) is 34.5 Å². The lowest BCUT2D eigenvalue weighted by molar-refractivity contribution is -0.383. The molecule has 246 valence electrons. The topological polar surface area (TPSA) is 291 Å². The Balaban J connectivity index is 1.20. The predicted octanol–water partition coefficient (Wildman–Crippen LogP) is -0.876. The molecule has 7 rings (SSSR count). The Morgan fingerprint density at radius 1 is 1.02 bits per heavy atom. The molecule has 22 nitrogen and oxygen atoms in total. The summed E-state index contributed by atoms with van der Waals surface area (Å²) in [4.78, 5) is 55.0. The highest BCUT2D eigenvalue weighted by Crippen LogP contribution is 2.53. The molecule has 1 aromatic carbocycles. The molecule has 2 bridgehead atoms. The van der Waals surface area contributed by atoms with Crippen LogP contribution in [0.1, 0.15) is 12.5 Å². The number of ether oxygens (including phenoxy) is 2. The van der Waals surface area contributed by atoms with E-state index in [0.29, 0.717) is 0 Å². The van der Waals surface area contributed by atoms with Gasteiger partial charge in [0.05, 0.1) is 36.3 Å². The second kappa shape index (κ2) is 11.5. The first kappa shape index (κ1) is 31.4. The molecule has 25 heteroatoms. The zero-order chi connectivity index (χ0) is 32.5. The second-order valence-electron chi connectivity index (χ2n) is 10.3. The van der Waals surface area contributed by atoms with Gasteiger partial charge in [-0.05, 0) is 17.9 Å². The van der Waals surface area contributed by atoms with Crippen LogP contribution in [0.3, 0.4) is 0 Å². The highest BCUT2D eigenvalue weighted by Gasteiger charge is 2.53. The van der Waals surface area contributed by atoms with Gasteiger partial charge in [0.2, 0.25) is 0 Å². The van der Waals surface area contributed by atoms with Gasteiger partial charge in [-0.2, -0.15) is 0 Å². The Morgan fingerprint density at radius 3 is 2.57 bits per heavy atom. The number of aliphatic hydroxyl groups is 2. The van der Waals surface area contributed by atoms with Crippen molar-refractivity contribution in [3.8, 4) is 0 Å². The zero-order valence-corrected chi connectivity index (χ0v) is 25.3. The van der Waals surface area contributed by atoms with E-state index in [0.717, 1.165) is 11.0 Å². The number of aromatic nitrogens is 7. The number of nitro groups is 1. The van der Waals surface area contributed by atoms with Gasteiger partial charge in [0.1, 0.15) is 36.6 Å². The summed E-state index contributed by atoms with van der Waals surface area (Å²) >= 11 is 5.15. The first-order valence-corrected chi connectivity index (χ1v) is 17.3. The molecule has 6 heterocycles. The van der Waals surface area contributed by atoms with Crippen LogP contribution in [0.4, 0.5) is 5.69 Å². The molecule has 46 heavy (non-hydrogen) atoms. The molecular formula is C21H22N8O14P2S. The van der Waals surface area contributed by atoms with E-state index in [-0.39, 0.29) is 27.9 Å². The van der Waals surface area contributed by atoms with Crippen molar-refractivity contribution in [2.45, 2.75) is 49.1 Å². The molecule has 3 fully saturated rings. The van der Waals surface area contributed by atoms with Gasteiger partial charge in [-0.25, -0.2) is 19.2 Å². The van der Waals surface area contributed by atoms with Gasteiger partial charge < -0.3 is 39.0 Å². The second-order valence-corrected chi connectivity index (χ2v) is 14.5. The van der Waals surface area contributed by atoms with Crippen molar-refractivity contribution in [3.05, 3.63) is 51.3 Å². The van der Waals surface area contributed by atoms with Crippen LogP contribution in [0.15, 0.2) is 35.6 Å². The van der Waals surface area contributed by atoms with Gasteiger partial charge in [-0.15, -0.1) is 5.10 Å². The fraction of sp³-hybridized carbons (Fsp3) is 0.476. The van der Waals surface area contributed by atoms with Gasteiger partial charge in [0.25, 0.3) is 11.2 Å². The molecule has 5 N–H and O–H groups in total. The van der Waals surface area contributed by atoms with Crippen LogP contribution in [0.5, 0.6) is 0 Å². The minimum atomic E-state index is -5.11. The third-order valence-electron chi connectivity index (χ3n) is 7.49. The van der Waals surface area contributed by atoms with Crippen molar-refractivity contribution in [1.29, 1.82) is 0 Å². The molecule has 0 aliphatic carbocycles. The fourth-order valence-electron chi connectivity index (χ4n) is 5.42. The van der Waals surface area contributed by atoms with E-state index in [1.807, 2.05) is 0 Å². The Hall–Kier alpha value is -3.15. The summed E-state index contributed by atoms with van der Waals surface area (Å²) in [5.41, 5.74) is -1.06. The highest BCUT2D eigenvalue weighted by atomic mass is 32.5. The minimum Gasteiger partial charge on any atom is -0.387 e. The minimum absolute atomic E-state index is 0.0260. The van der Waals surface area contributed by atoms with E-state index in [1.54, 1.807) is 0 Å². The summed E-state index contributed by atoms with van der Waals surface area (Å²) < 4.78 is 48.7. The van der Waals surface area contributed by atoms with Crippen molar-refractivity contribution in [3.63, 3.8) is 0 Å². The predicted molar refractivity (Wildman–Crippen MR) is 150 cm³/mol. The summed E-state index contributed by atoms with van der Waals surface area (Å²) in [6.45, 7) is -5.72. The van der Waals surface area contributed by atoms with Gasteiger partial charge in [-0.1, -0.05) is 11.3 Å². The van der Waals surface area contributed by atoms with E-state index in [1.165, 1.54) is 29.1 Å². The average molecular weight is 704 g/mol. The molecule has 3 aliphatic heterocycles. The summed E-state index contributed by atoms with van der Waals surface area (Å²) in [6.07, 6.45) is -9.94. The Kier molecular flexibility index (Phi) is 7.88. The first-order chi connectivity index (χ1) is 21.8. The van der Waals surface area contributed by atoms with E-state index in [4.69, 9.17) is 39.4 Å². The number of fused-ring (bicyclic) bond motifs is 5. The smallest absolute Gasteiger partial charge is 0.387 e. The van der Waals surface area contributed by atoms with Crippen LogP contribution in [-0.2, 0) is 43.9 Å². The number of aliphatic hydroxyl groups excluding tert-OH is 2. The third-order valence-corrected chi connectivity index (χ3v) is 10.0. The molecule has 3 aliphatic rings.